The van der Waals surface area contributed by atoms with Crippen molar-refractivity contribution in [3.05, 3.63) is 11.6 Å². The van der Waals surface area contributed by atoms with Crippen LogP contribution in [0.4, 0.5) is 0 Å². The molecular weight excluding hydrogens is 214 g/mol. The average molecular weight is 237 g/mol. The van der Waals surface area contributed by atoms with Crippen LogP contribution >= 0.6 is 0 Å². The molecule has 0 aromatic carbocycles. The predicted octanol–water partition coefficient (Wildman–Crippen LogP) is 1.44. The van der Waals surface area contributed by atoms with E-state index in [9.17, 15) is 0 Å². The Kier molecular flexibility index (Phi) is 4.86. The van der Waals surface area contributed by atoms with E-state index in [0.29, 0.717) is 6.04 Å². The van der Waals surface area contributed by atoms with Crippen molar-refractivity contribution in [2.45, 2.75) is 38.6 Å². The second-order valence-corrected chi connectivity index (χ2v) is 4.62. The molecule has 0 aromatic rings. The minimum absolute atomic E-state index is 0.662. The molecular formula is C13H23N3O. The maximum absolute atomic E-state index is 5.29. The highest BCUT2D eigenvalue weighted by atomic mass is 16.5. The minimum Gasteiger partial charge on any atom is -0.377 e. The standard InChI is InChI=1S/C13H23N3O/c1-2-14-13(16-12-3-4-12)15-8-5-11-6-9-17-10-7-11/h6,12H,2-5,7-10H2,1H3,(H2,14,15,16). The molecule has 0 spiro atoms. The van der Waals surface area contributed by atoms with Crippen molar-refractivity contribution in [2.24, 2.45) is 4.99 Å². The van der Waals surface area contributed by atoms with Gasteiger partial charge < -0.3 is 15.4 Å². The van der Waals surface area contributed by atoms with E-state index in [1.807, 2.05) is 0 Å². The van der Waals surface area contributed by atoms with Crippen LogP contribution in [0.3, 0.4) is 0 Å². The Bertz CT molecular complexity index is 295. The molecule has 0 aromatic heterocycles. The van der Waals surface area contributed by atoms with Crippen molar-refractivity contribution < 1.29 is 4.74 Å². The van der Waals surface area contributed by atoms with Gasteiger partial charge in [-0.25, -0.2) is 0 Å². The molecule has 2 rings (SSSR count). The first kappa shape index (κ1) is 12.4. The van der Waals surface area contributed by atoms with E-state index >= 15 is 0 Å². The molecule has 0 atom stereocenters. The quantitative estimate of drug-likeness (QED) is 0.432. The van der Waals surface area contributed by atoms with E-state index < -0.39 is 0 Å². The lowest BCUT2D eigenvalue weighted by Gasteiger charge is -2.13. The summed E-state index contributed by atoms with van der Waals surface area (Å²) < 4.78 is 5.29. The van der Waals surface area contributed by atoms with Gasteiger partial charge in [0.25, 0.3) is 0 Å². The zero-order valence-electron chi connectivity index (χ0n) is 10.7. The molecule has 0 unspecified atom stereocenters. The maximum atomic E-state index is 5.29. The van der Waals surface area contributed by atoms with Crippen molar-refractivity contribution in [1.29, 1.82) is 0 Å². The molecule has 2 N–H and O–H groups in total. The summed E-state index contributed by atoms with van der Waals surface area (Å²) in [6, 6.07) is 0.662. The molecule has 1 aliphatic heterocycles. The molecule has 17 heavy (non-hydrogen) atoms. The Morgan fingerprint density at radius 2 is 2.41 bits per heavy atom. The second-order valence-electron chi connectivity index (χ2n) is 4.62. The van der Waals surface area contributed by atoms with E-state index in [1.54, 1.807) is 0 Å². The number of aliphatic imine (C=N–C) groups is 1. The molecule has 1 saturated carbocycles. The summed E-state index contributed by atoms with van der Waals surface area (Å²) in [5.74, 6) is 0.975. The number of nitrogens with one attached hydrogen (secondary N) is 2. The van der Waals surface area contributed by atoms with Crippen molar-refractivity contribution in [1.82, 2.24) is 10.6 Å². The first-order valence-corrected chi connectivity index (χ1v) is 6.69. The Morgan fingerprint density at radius 3 is 3.06 bits per heavy atom. The van der Waals surface area contributed by atoms with Gasteiger partial charge in [-0.1, -0.05) is 11.6 Å². The highest BCUT2D eigenvalue weighted by molar-refractivity contribution is 5.80. The second kappa shape index (κ2) is 6.64. The van der Waals surface area contributed by atoms with Crippen LogP contribution in [0.25, 0.3) is 0 Å². The van der Waals surface area contributed by atoms with Crippen LogP contribution in [0.15, 0.2) is 16.6 Å². The van der Waals surface area contributed by atoms with Crippen molar-refractivity contribution in [3.63, 3.8) is 0 Å². The SMILES string of the molecule is CCNC(=NCCC1=CCOCC1)NC1CC1. The first-order valence-electron chi connectivity index (χ1n) is 6.69. The van der Waals surface area contributed by atoms with Crippen LogP contribution in [0.5, 0.6) is 0 Å². The smallest absolute Gasteiger partial charge is 0.191 e. The Labute approximate surface area is 104 Å². The molecule has 1 heterocycles. The highest BCUT2D eigenvalue weighted by Crippen LogP contribution is 2.18. The van der Waals surface area contributed by atoms with Crippen LogP contribution in [0, 0.1) is 0 Å². The summed E-state index contributed by atoms with van der Waals surface area (Å²) in [4.78, 5) is 4.60. The zero-order chi connectivity index (χ0) is 11.9. The fourth-order valence-corrected chi connectivity index (χ4v) is 1.84. The van der Waals surface area contributed by atoms with Crippen molar-refractivity contribution >= 4 is 5.96 Å². The predicted molar refractivity (Wildman–Crippen MR) is 70.3 cm³/mol. The summed E-state index contributed by atoms with van der Waals surface area (Å²) in [5.41, 5.74) is 1.49. The summed E-state index contributed by atoms with van der Waals surface area (Å²) in [5, 5.41) is 6.71. The largest absolute Gasteiger partial charge is 0.377 e. The van der Waals surface area contributed by atoms with E-state index in [4.69, 9.17) is 4.74 Å². The third-order valence-corrected chi connectivity index (χ3v) is 3.02. The topological polar surface area (TPSA) is 45.7 Å². The Morgan fingerprint density at radius 1 is 1.53 bits per heavy atom. The van der Waals surface area contributed by atoms with Crippen LogP contribution in [0.2, 0.25) is 0 Å². The summed E-state index contributed by atoms with van der Waals surface area (Å²) in [6.07, 6.45) is 6.90. The van der Waals surface area contributed by atoms with E-state index in [-0.39, 0.29) is 0 Å². The summed E-state index contributed by atoms with van der Waals surface area (Å²) in [7, 11) is 0. The lowest BCUT2D eigenvalue weighted by molar-refractivity contribution is 0.153. The van der Waals surface area contributed by atoms with E-state index in [0.717, 1.165) is 45.1 Å². The average Bonchev–Trinajstić information content (AvgIpc) is 3.15. The summed E-state index contributed by atoms with van der Waals surface area (Å²) in [6.45, 7) is 5.55. The van der Waals surface area contributed by atoms with Gasteiger partial charge >= 0.3 is 0 Å². The van der Waals surface area contributed by atoms with E-state index in [2.05, 4.69) is 28.6 Å². The molecule has 96 valence electrons. The number of nitrogens with zero attached hydrogens (tertiary/aromatic N) is 1. The Hall–Kier alpha value is -1.03. The highest BCUT2D eigenvalue weighted by Gasteiger charge is 2.21. The number of rotatable bonds is 5. The molecule has 0 bridgehead atoms. The molecule has 1 aliphatic carbocycles. The monoisotopic (exact) mass is 237 g/mol. The van der Waals surface area contributed by atoms with E-state index in [1.165, 1.54) is 18.4 Å². The lowest BCUT2D eigenvalue weighted by Crippen LogP contribution is -2.38. The molecule has 0 radical (unpaired) electrons. The third-order valence-electron chi connectivity index (χ3n) is 3.02. The van der Waals surface area contributed by atoms with Gasteiger partial charge in [0.2, 0.25) is 0 Å². The number of hydrogen-bond donors (Lipinski definition) is 2. The molecule has 4 heteroatoms. The zero-order valence-corrected chi connectivity index (χ0v) is 10.7. The lowest BCUT2D eigenvalue weighted by atomic mass is 10.1. The molecule has 1 fully saturated rings. The Balaban J connectivity index is 1.73. The number of guanidine groups is 1. The molecule has 0 saturated heterocycles. The third kappa shape index (κ3) is 4.77. The fraction of sp³-hybridized carbons (Fsp3) is 0.769. The van der Waals surface area contributed by atoms with Gasteiger partial charge in [0.15, 0.2) is 5.96 Å². The van der Waals surface area contributed by atoms with Gasteiger partial charge in [-0.15, -0.1) is 0 Å². The van der Waals surface area contributed by atoms with Gasteiger partial charge in [-0.05, 0) is 32.6 Å². The number of ether oxygens (including phenoxy) is 1. The maximum Gasteiger partial charge on any atom is 0.191 e. The van der Waals surface area contributed by atoms with Gasteiger partial charge in [0, 0.05) is 19.1 Å². The van der Waals surface area contributed by atoms with Crippen LogP contribution in [-0.4, -0.2) is 38.3 Å². The number of hydrogen-bond acceptors (Lipinski definition) is 2. The first-order chi connectivity index (χ1) is 8.38. The minimum atomic E-state index is 0.662. The summed E-state index contributed by atoms with van der Waals surface area (Å²) >= 11 is 0. The van der Waals surface area contributed by atoms with Crippen molar-refractivity contribution in [3.8, 4) is 0 Å². The van der Waals surface area contributed by atoms with Gasteiger partial charge in [-0.3, -0.25) is 4.99 Å². The normalized spacial score (nSPS) is 21.0. The van der Waals surface area contributed by atoms with Gasteiger partial charge in [-0.2, -0.15) is 0 Å². The molecule has 0 amide bonds. The van der Waals surface area contributed by atoms with Crippen LogP contribution in [0.1, 0.15) is 32.6 Å². The van der Waals surface area contributed by atoms with Crippen LogP contribution in [-0.2, 0) is 4.74 Å². The van der Waals surface area contributed by atoms with Crippen molar-refractivity contribution in [2.75, 3.05) is 26.3 Å². The molecule has 2 aliphatic rings. The van der Waals surface area contributed by atoms with Gasteiger partial charge in [0.1, 0.15) is 0 Å². The fourth-order valence-electron chi connectivity index (χ4n) is 1.84. The van der Waals surface area contributed by atoms with Gasteiger partial charge in [0.05, 0.1) is 13.2 Å². The molecule has 4 nitrogen and oxygen atoms in total. The van der Waals surface area contributed by atoms with Crippen LogP contribution < -0.4 is 10.6 Å².